The maximum absolute atomic E-state index is 10.5. The molecule has 180 valence electrons. The standard InChI is InChI=1S/C24H39ClN2O2.2ClH/c1-18-5-8-20(25)15-23(18)27-13-11-26(12-14-27)16-21(28)17-29-22-9-6-19(7-10-22)24(2,3)4;;/h5,8,15,19,21-22,28H,6-7,9-14,16-17H2,1-4H3;2*1H. The second-order valence-electron chi connectivity index (χ2n) is 10.0. The Morgan fingerprint density at radius 1 is 1.06 bits per heavy atom. The number of hydrogen-bond acceptors (Lipinski definition) is 4. The number of anilines is 1. The van der Waals surface area contributed by atoms with Gasteiger partial charge in [0.05, 0.1) is 18.8 Å². The molecule has 7 heteroatoms. The van der Waals surface area contributed by atoms with Crippen molar-refractivity contribution >= 4 is 42.1 Å². The van der Waals surface area contributed by atoms with Crippen LogP contribution in [0.4, 0.5) is 5.69 Å². The molecule has 1 atom stereocenters. The van der Waals surface area contributed by atoms with Crippen LogP contribution in [0.5, 0.6) is 0 Å². The number of aliphatic hydroxyl groups excluding tert-OH is 1. The van der Waals surface area contributed by atoms with Gasteiger partial charge in [-0.15, -0.1) is 24.8 Å². The van der Waals surface area contributed by atoms with Crippen molar-refractivity contribution in [3.8, 4) is 0 Å². The lowest BCUT2D eigenvalue weighted by molar-refractivity contribution is -0.0446. The van der Waals surface area contributed by atoms with Gasteiger partial charge in [0.15, 0.2) is 0 Å². The molecular weight excluding hydrogens is 455 g/mol. The summed E-state index contributed by atoms with van der Waals surface area (Å²) >= 11 is 6.18. The van der Waals surface area contributed by atoms with Gasteiger partial charge in [-0.25, -0.2) is 0 Å². The number of hydrogen-bond donors (Lipinski definition) is 1. The second-order valence-corrected chi connectivity index (χ2v) is 10.5. The third-order valence-electron chi connectivity index (χ3n) is 6.78. The zero-order valence-electron chi connectivity index (χ0n) is 19.5. The summed E-state index contributed by atoms with van der Waals surface area (Å²) in [6.45, 7) is 14.2. The number of halogens is 3. The van der Waals surface area contributed by atoms with E-state index in [0.717, 1.165) is 50.0 Å². The van der Waals surface area contributed by atoms with E-state index in [1.54, 1.807) is 0 Å². The van der Waals surface area contributed by atoms with Gasteiger partial charge >= 0.3 is 0 Å². The molecule has 3 rings (SSSR count). The van der Waals surface area contributed by atoms with Crippen LogP contribution in [0.2, 0.25) is 5.02 Å². The molecule has 0 amide bonds. The Hall–Kier alpha value is -0.230. The lowest BCUT2D eigenvalue weighted by atomic mass is 9.72. The minimum absolute atomic E-state index is 0. The Bertz CT molecular complexity index is 653. The first-order valence-corrected chi connectivity index (χ1v) is 11.6. The predicted octanol–water partition coefficient (Wildman–Crippen LogP) is 5.60. The van der Waals surface area contributed by atoms with Crippen LogP contribution in [0.3, 0.4) is 0 Å². The summed E-state index contributed by atoms with van der Waals surface area (Å²) < 4.78 is 6.06. The van der Waals surface area contributed by atoms with Crippen molar-refractivity contribution in [3.63, 3.8) is 0 Å². The van der Waals surface area contributed by atoms with Crippen LogP contribution in [0.15, 0.2) is 18.2 Å². The summed E-state index contributed by atoms with van der Waals surface area (Å²) in [7, 11) is 0. The molecular formula is C24H41Cl3N2O2. The maximum atomic E-state index is 10.5. The summed E-state index contributed by atoms with van der Waals surface area (Å²) in [4.78, 5) is 4.75. The molecule has 1 saturated heterocycles. The van der Waals surface area contributed by atoms with Crippen LogP contribution in [0.25, 0.3) is 0 Å². The number of nitrogens with zero attached hydrogens (tertiary/aromatic N) is 2. The normalized spacial score (nSPS) is 23.6. The molecule has 1 aliphatic carbocycles. The number of piperazine rings is 1. The molecule has 0 aromatic heterocycles. The number of benzene rings is 1. The van der Waals surface area contributed by atoms with Crippen LogP contribution in [-0.2, 0) is 4.74 Å². The highest BCUT2D eigenvalue weighted by Crippen LogP contribution is 2.38. The summed E-state index contributed by atoms with van der Waals surface area (Å²) in [6, 6.07) is 6.09. The van der Waals surface area contributed by atoms with E-state index >= 15 is 0 Å². The average molecular weight is 496 g/mol. The molecule has 2 aliphatic rings. The van der Waals surface area contributed by atoms with E-state index in [1.165, 1.54) is 24.1 Å². The fourth-order valence-corrected chi connectivity index (χ4v) is 4.95. The summed E-state index contributed by atoms with van der Waals surface area (Å²) in [6.07, 6.45) is 4.67. The third-order valence-corrected chi connectivity index (χ3v) is 7.01. The topological polar surface area (TPSA) is 35.9 Å². The Labute approximate surface area is 206 Å². The van der Waals surface area contributed by atoms with Crippen LogP contribution in [0, 0.1) is 18.3 Å². The number of β-amino-alcohol motifs (C(OH)–C–C–N with tert-alkyl or cyclic N) is 1. The number of rotatable bonds is 6. The van der Waals surface area contributed by atoms with Gasteiger partial charge < -0.3 is 14.7 Å². The van der Waals surface area contributed by atoms with Gasteiger partial charge in [-0.2, -0.15) is 0 Å². The van der Waals surface area contributed by atoms with Gasteiger partial charge in [-0.3, -0.25) is 4.90 Å². The number of ether oxygens (including phenoxy) is 1. The molecule has 1 heterocycles. The van der Waals surface area contributed by atoms with E-state index in [1.807, 2.05) is 6.07 Å². The number of aliphatic hydroxyl groups is 1. The average Bonchev–Trinajstić information content (AvgIpc) is 2.68. The van der Waals surface area contributed by atoms with Crippen molar-refractivity contribution in [3.05, 3.63) is 28.8 Å². The minimum Gasteiger partial charge on any atom is -0.389 e. The SMILES string of the molecule is Cc1ccc(Cl)cc1N1CCN(CC(O)COC2CCC(C(C)(C)C)CC2)CC1.Cl.Cl. The molecule has 1 aromatic rings. The molecule has 0 bridgehead atoms. The Morgan fingerprint density at radius 2 is 1.68 bits per heavy atom. The van der Waals surface area contributed by atoms with Gasteiger partial charge in [0.2, 0.25) is 0 Å². The highest BCUT2D eigenvalue weighted by atomic mass is 35.5. The van der Waals surface area contributed by atoms with E-state index in [4.69, 9.17) is 16.3 Å². The zero-order valence-corrected chi connectivity index (χ0v) is 21.9. The highest BCUT2D eigenvalue weighted by molar-refractivity contribution is 6.30. The van der Waals surface area contributed by atoms with E-state index in [-0.39, 0.29) is 24.8 Å². The minimum atomic E-state index is -0.408. The number of aryl methyl sites for hydroxylation is 1. The predicted molar refractivity (Wildman–Crippen MR) is 136 cm³/mol. The molecule has 0 spiro atoms. The van der Waals surface area contributed by atoms with Crippen molar-refractivity contribution in [2.24, 2.45) is 11.3 Å². The molecule has 0 radical (unpaired) electrons. The first kappa shape index (κ1) is 28.8. The largest absolute Gasteiger partial charge is 0.389 e. The van der Waals surface area contributed by atoms with Gasteiger partial charge in [0, 0.05) is 43.4 Å². The van der Waals surface area contributed by atoms with Gasteiger partial charge in [0.1, 0.15) is 0 Å². The molecule has 1 N–H and O–H groups in total. The fourth-order valence-electron chi connectivity index (χ4n) is 4.79. The molecule has 1 aromatic carbocycles. The molecule has 1 aliphatic heterocycles. The van der Waals surface area contributed by atoms with Crippen molar-refractivity contribution in [2.75, 3.05) is 44.2 Å². The van der Waals surface area contributed by atoms with Crippen LogP contribution in [-0.4, -0.2) is 61.5 Å². The van der Waals surface area contributed by atoms with Crippen molar-refractivity contribution in [1.29, 1.82) is 0 Å². The fraction of sp³-hybridized carbons (Fsp3) is 0.750. The molecule has 1 unspecified atom stereocenters. The van der Waals surface area contributed by atoms with Crippen LogP contribution in [0.1, 0.15) is 52.0 Å². The maximum Gasteiger partial charge on any atom is 0.0900 e. The van der Waals surface area contributed by atoms with Crippen molar-refractivity contribution in [2.45, 2.75) is 65.6 Å². The van der Waals surface area contributed by atoms with E-state index in [9.17, 15) is 5.11 Å². The summed E-state index contributed by atoms with van der Waals surface area (Å²) in [5, 5.41) is 11.3. The molecule has 31 heavy (non-hydrogen) atoms. The van der Waals surface area contributed by atoms with Crippen molar-refractivity contribution < 1.29 is 9.84 Å². The third kappa shape index (κ3) is 8.57. The second kappa shape index (κ2) is 12.9. The first-order valence-electron chi connectivity index (χ1n) is 11.3. The Balaban J connectivity index is 0.00000240. The van der Waals surface area contributed by atoms with Gasteiger partial charge in [0.25, 0.3) is 0 Å². The monoisotopic (exact) mass is 494 g/mol. The van der Waals surface area contributed by atoms with E-state index < -0.39 is 6.10 Å². The highest BCUT2D eigenvalue weighted by Gasteiger charge is 2.30. The van der Waals surface area contributed by atoms with Crippen LogP contribution < -0.4 is 4.90 Å². The first-order chi connectivity index (χ1) is 13.7. The Morgan fingerprint density at radius 3 is 2.26 bits per heavy atom. The summed E-state index contributed by atoms with van der Waals surface area (Å²) in [5.74, 6) is 0.798. The van der Waals surface area contributed by atoms with E-state index in [0.29, 0.717) is 24.7 Å². The smallest absolute Gasteiger partial charge is 0.0900 e. The van der Waals surface area contributed by atoms with Crippen molar-refractivity contribution in [1.82, 2.24) is 4.90 Å². The summed E-state index contributed by atoms with van der Waals surface area (Å²) in [5.41, 5.74) is 2.89. The van der Waals surface area contributed by atoms with Crippen LogP contribution >= 0.6 is 36.4 Å². The quantitative estimate of drug-likeness (QED) is 0.557. The van der Waals surface area contributed by atoms with Gasteiger partial charge in [-0.05, 0) is 61.6 Å². The molecule has 1 saturated carbocycles. The lowest BCUT2D eigenvalue weighted by Crippen LogP contribution is -2.49. The van der Waals surface area contributed by atoms with E-state index in [2.05, 4.69) is 49.6 Å². The Kier molecular flexibility index (Phi) is 12.0. The molecule has 4 nitrogen and oxygen atoms in total. The lowest BCUT2D eigenvalue weighted by Gasteiger charge is -2.38. The van der Waals surface area contributed by atoms with Gasteiger partial charge in [-0.1, -0.05) is 38.4 Å². The molecule has 2 fully saturated rings. The zero-order chi connectivity index (χ0) is 21.0.